The van der Waals surface area contributed by atoms with Crippen molar-refractivity contribution in [1.82, 2.24) is 0 Å². The first-order valence-electron chi connectivity index (χ1n) is 14.0. The molecule has 38 heavy (non-hydrogen) atoms. The molecule has 0 amide bonds. The van der Waals surface area contributed by atoms with E-state index in [1.807, 2.05) is 24.3 Å². The van der Waals surface area contributed by atoms with Crippen LogP contribution >= 0.6 is 0 Å². The van der Waals surface area contributed by atoms with Crippen LogP contribution in [0.5, 0.6) is 5.75 Å². The number of ether oxygens (including phenoxy) is 1. The lowest BCUT2D eigenvalue weighted by Crippen LogP contribution is -2.25. The second-order valence-corrected chi connectivity index (χ2v) is 10.5. The maximum Gasteiger partial charge on any atom is 0.314 e. The van der Waals surface area contributed by atoms with Crippen LogP contribution < -0.4 is 4.74 Å². The molecule has 0 bridgehead atoms. The van der Waals surface area contributed by atoms with Crippen molar-refractivity contribution in [2.45, 2.75) is 84.0 Å². The molecule has 4 rings (SSSR count). The van der Waals surface area contributed by atoms with Crippen molar-refractivity contribution in [3.8, 4) is 16.9 Å². The van der Waals surface area contributed by atoms with Crippen molar-refractivity contribution >= 4 is 5.97 Å². The zero-order chi connectivity index (χ0) is 27.1. The number of halogens is 3. The van der Waals surface area contributed by atoms with Crippen LogP contribution in [0.2, 0.25) is 0 Å². The number of carbonyl (C=O) groups is 1. The molecule has 202 valence electrons. The molecule has 0 heterocycles. The second kappa shape index (κ2) is 13.1. The lowest BCUT2D eigenvalue weighted by Gasteiger charge is -2.27. The van der Waals surface area contributed by atoms with Gasteiger partial charge in [-0.05, 0) is 91.3 Å². The largest absolute Gasteiger partial charge is 0.423 e. The fraction of sp³-hybridized carbons (Fsp3) is 0.424. The highest BCUT2D eigenvalue weighted by molar-refractivity contribution is 5.76. The Morgan fingerprint density at radius 1 is 0.816 bits per heavy atom. The predicted octanol–water partition coefficient (Wildman–Crippen LogP) is 9.34. The minimum absolute atomic E-state index is 0.134. The van der Waals surface area contributed by atoms with E-state index in [-0.39, 0.29) is 23.0 Å². The number of rotatable bonds is 10. The van der Waals surface area contributed by atoms with Crippen LogP contribution in [0, 0.1) is 23.4 Å². The summed E-state index contributed by atoms with van der Waals surface area (Å²) in [4.78, 5) is 12.8. The summed E-state index contributed by atoms with van der Waals surface area (Å²) in [6.45, 7) is 4.22. The average molecular weight is 523 g/mol. The number of unbranched alkanes of at least 4 members (excludes halogenated alkanes) is 2. The van der Waals surface area contributed by atoms with Crippen molar-refractivity contribution in [2.75, 3.05) is 0 Å². The molecule has 5 heteroatoms. The average Bonchev–Trinajstić information content (AvgIpc) is 2.93. The van der Waals surface area contributed by atoms with Crippen molar-refractivity contribution in [3.05, 3.63) is 88.7 Å². The van der Waals surface area contributed by atoms with Crippen molar-refractivity contribution in [3.63, 3.8) is 0 Å². The van der Waals surface area contributed by atoms with Gasteiger partial charge in [-0.25, -0.2) is 8.78 Å². The molecular formula is C33H37F3O2. The van der Waals surface area contributed by atoms with E-state index in [9.17, 15) is 18.0 Å². The van der Waals surface area contributed by atoms with Gasteiger partial charge in [0.25, 0.3) is 0 Å². The Morgan fingerprint density at radius 3 is 2.21 bits per heavy atom. The lowest BCUT2D eigenvalue weighted by molar-refractivity contribution is -0.140. The Bertz CT molecular complexity index is 1230. The molecule has 1 fully saturated rings. The van der Waals surface area contributed by atoms with Crippen LogP contribution in [-0.2, 0) is 17.6 Å². The summed E-state index contributed by atoms with van der Waals surface area (Å²) >= 11 is 0. The van der Waals surface area contributed by atoms with Gasteiger partial charge in [0, 0.05) is 5.56 Å². The molecule has 0 spiro atoms. The monoisotopic (exact) mass is 522 g/mol. The first-order valence-corrected chi connectivity index (χ1v) is 14.0. The van der Waals surface area contributed by atoms with E-state index in [2.05, 4.69) is 13.8 Å². The Balaban J connectivity index is 1.35. The number of esters is 1. The minimum atomic E-state index is -1.16. The predicted molar refractivity (Wildman–Crippen MR) is 146 cm³/mol. The highest BCUT2D eigenvalue weighted by Crippen LogP contribution is 2.38. The smallest absolute Gasteiger partial charge is 0.314 e. The number of aryl methyl sites for hydroxylation is 2. The van der Waals surface area contributed by atoms with Gasteiger partial charge in [-0.2, -0.15) is 4.39 Å². The van der Waals surface area contributed by atoms with Gasteiger partial charge in [0.2, 0.25) is 5.82 Å². The number of hydrogen-bond acceptors (Lipinski definition) is 2. The van der Waals surface area contributed by atoms with Gasteiger partial charge in [0.05, 0.1) is 5.92 Å². The molecule has 2 nitrogen and oxygen atoms in total. The standard InChI is InChI=1S/C33H37F3O2/c1-3-5-6-8-25-15-18-27(21-29(25)34)23-13-16-26(17-14-23)33(37)38-30-20-19-28(31(35)32(30)36)24-11-9-22(7-4-2)10-12-24/h9-12,15,18-21,23,26H,3-8,13-14,16-17H2,1-2H3. The fourth-order valence-corrected chi connectivity index (χ4v) is 5.41. The lowest BCUT2D eigenvalue weighted by atomic mass is 9.78. The van der Waals surface area contributed by atoms with Crippen LogP contribution in [0.1, 0.15) is 87.8 Å². The topological polar surface area (TPSA) is 26.3 Å². The molecule has 1 aliphatic rings. The highest BCUT2D eigenvalue weighted by atomic mass is 19.2. The fourth-order valence-electron chi connectivity index (χ4n) is 5.41. The minimum Gasteiger partial charge on any atom is -0.423 e. The summed E-state index contributed by atoms with van der Waals surface area (Å²) < 4.78 is 49.6. The third kappa shape index (κ3) is 6.67. The van der Waals surface area contributed by atoms with Gasteiger partial charge >= 0.3 is 5.97 Å². The Hall–Kier alpha value is -3.08. The summed E-state index contributed by atoms with van der Waals surface area (Å²) in [5, 5.41) is 0. The van der Waals surface area contributed by atoms with Crippen molar-refractivity contribution in [2.24, 2.45) is 5.92 Å². The molecule has 0 aromatic heterocycles. The van der Waals surface area contributed by atoms with E-state index in [0.29, 0.717) is 18.4 Å². The van der Waals surface area contributed by atoms with E-state index in [1.54, 1.807) is 18.2 Å². The van der Waals surface area contributed by atoms with Gasteiger partial charge in [-0.1, -0.05) is 69.5 Å². The van der Waals surface area contributed by atoms with Crippen LogP contribution in [0.4, 0.5) is 13.2 Å². The Kier molecular flexibility index (Phi) is 9.65. The molecule has 3 aromatic carbocycles. The van der Waals surface area contributed by atoms with Gasteiger partial charge in [0.1, 0.15) is 5.82 Å². The van der Waals surface area contributed by atoms with Crippen LogP contribution in [0.3, 0.4) is 0 Å². The first kappa shape index (κ1) is 27.9. The Labute approximate surface area is 224 Å². The van der Waals surface area contributed by atoms with E-state index in [1.165, 1.54) is 12.1 Å². The number of hydrogen-bond donors (Lipinski definition) is 0. The van der Waals surface area contributed by atoms with Gasteiger partial charge in [-0.3, -0.25) is 4.79 Å². The molecule has 0 N–H and O–H groups in total. The molecule has 0 saturated heterocycles. The zero-order valence-corrected chi connectivity index (χ0v) is 22.4. The van der Waals surface area contributed by atoms with Gasteiger partial charge in [-0.15, -0.1) is 0 Å². The van der Waals surface area contributed by atoms with Crippen LogP contribution in [-0.4, -0.2) is 5.97 Å². The molecule has 0 unspecified atom stereocenters. The van der Waals surface area contributed by atoms with Gasteiger partial charge in [0.15, 0.2) is 11.6 Å². The SMILES string of the molecule is CCCCCc1ccc(C2CCC(C(=O)Oc3ccc(-c4ccc(CCC)cc4)c(F)c3F)CC2)cc1F. The highest BCUT2D eigenvalue weighted by Gasteiger charge is 2.30. The maximum atomic E-state index is 14.9. The molecule has 0 aliphatic heterocycles. The molecule has 1 saturated carbocycles. The zero-order valence-electron chi connectivity index (χ0n) is 22.4. The molecule has 3 aromatic rings. The van der Waals surface area contributed by atoms with Gasteiger partial charge < -0.3 is 4.74 Å². The quantitative estimate of drug-likeness (QED) is 0.151. The normalized spacial score (nSPS) is 17.4. The summed E-state index contributed by atoms with van der Waals surface area (Å²) in [7, 11) is 0. The first-order chi connectivity index (χ1) is 18.4. The van der Waals surface area contributed by atoms with Crippen LogP contribution in [0.25, 0.3) is 11.1 Å². The third-order valence-corrected chi connectivity index (χ3v) is 7.72. The second-order valence-electron chi connectivity index (χ2n) is 10.5. The summed E-state index contributed by atoms with van der Waals surface area (Å²) in [6, 6.07) is 15.7. The van der Waals surface area contributed by atoms with Crippen molar-refractivity contribution in [1.29, 1.82) is 0 Å². The summed E-state index contributed by atoms with van der Waals surface area (Å²) in [5.74, 6) is -3.48. The van der Waals surface area contributed by atoms with E-state index < -0.39 is 23.5 Å². The summed E-state index contributed by atoms with van der Waals surface area (Å²) in [6.07, 6.45) is 8.44. The van der Waals surface area contributed by atoms with E-state index in [0.717, 1.165) is 68.1 Å². The molecule has 1 aliphatic carbocycles. The molecule has 0 atom stereocenters. The number of benzene rings is 3. The van der Waals surface area contributed by atoms with Crippen molar-refractivity contribution < 1.29 is 22.7 Å². The van der Waals surface area contributed by atoms with E-state index >= 15 is 0 Å². The number of carbonyl (C=O) groups excluding carboxylic acids is 1. The third-order valence-electron chi connectivity index (χ3n) is 7.72. The summed E-state index contributed by atoms with van der Waals surface area (Å²) in [5.41, 5.74) is 3.56. The molecule has 0 radical (unpaired) electrons. The maximum absolute atomic E-state index is 14.9. The van der Waals surface area contributed by atoms with Crippen LogP contribution in [0.15, 0.2) is 54.6 Å². The van der Waals surface area contributed by atoms with E-state index in [4.69, 9.17) is 4.74 Å². The molecular weight excluding hydrogens is 485 g/mol. The Morgan fingerprint density at radius 2 is 1.55 bits per heavy atom.